The van der Waals surface area contributed by atoms with E-state index in [1.807, 2.05) is 0 Å². The summed E-state index contributed by atoms with van der Waals surface area (Å²) in [5.74, 6) is -0.0836. The zero-order valence-corrected chi connectivity index (χ0v) is 17.7. The Balaban J connectivity index is 1.70. The van der Waals surface area contributed by atoms with Crippen molar-refractivity contribution >= 4 is 43.3 Å². The van der Waals surface area contributed by atoms with E-state index in [1.54, 1.807) is 6.20 Å². The standard InChI is InChI=1S/C22H17FN6O2S/c23-14-7-26-18(16-10(5-24)21(25)32-20(14)16)15-13-9-31-8-12(13)11-6-27-22(28-17(11)19(15)30)29-3-1-2-4-29/h6-7,30H,1-4,8-9,25H2. The second-order valence-electron chi connectivity index (χ2n) is 7.91. The lowest BCUT2D eigenvalue weighted by molar-refractivity contribution is 0.135. The van der Waals surface area contributed by atoms with Crippen LogP contribution in [-0.2, 0) is 18.0 Å². The topological polar surface area (TPSA) is 121 Å². The molecule has 0 spiro atoms. The summed E-state index contributed by atoms with van der Waals surface area (Å²) in [5, 5.41) is 22.3. The number of nitriles is 1. The van der Waals surface area contributed by atoms with Crippen molar-refractivity contribution in [2.75, 3.05) is 23.7 Å². The molecule has 0 saturated carbocycles. The number of aromatic hydroxyl groups is 1. The predicted molar refractivity (Wildman–Crippen MR) is 119 cm³/mol. The van der Waals surface area contributed by atoms with Crippen LogP contribution in [0.25, 0.3) is 32.2 Å². The molecule has 1 aromatic carbocycles. The van der Waals surface area contributed by atoms with Crippen molar-refractivity contribution in [3.05, 3.63) is 34.9 Å². The molecule has 3 aromatic heterocycles. The van der Waals surface area contributed by atoms with E-state index in [-0.39, 0.29) is 27.6 Å². The molecule has 0 amide bonds. The van der Waals surface area contributed by atoms with Crippen LogP contribution < -0.4 is 10.6 Å². The number of rotatable bonds is 2. The van der Waals surface area contributed by atoms with E-state index in [0.29, 0.717) is 40.1 Å². The molecule has 0 atom stereocenters. The Morgan fingerprint density at radius 1 is 1.19 bits per heavy atom. The number of phenols is 1. The number of hydrogen-bond acceptors (Lipinski definition) is 9. The maximum absolute atomic E-state index is 14.5. The molecule has 1 saturated heterocycles. The number of nitrogens with two attached hydrogens (primary N) is 1. The first kappa shape index (κ1) is 19.2. The van der Waals surface area contributed by atoms with Gasteiger partial charge in [-0.1, -0.05) is 0 Å². The van der Waals surface area contributed by atoms with Crippen molar-refractivity contribution in [2.24, 2.45) is 0 Å². The number of aromatic nitrogens is 3. The molecule has 32 heavy (non-hydrogen) atoms. The van der Waals surface area contributed by atoms with Gasteiger partial charge in [0.1, 0.15) is 16.6 Å². The molecule has 0 radical (unpaired) electrons. The van der Waals surface area contributed by atoms with Crippen LogP contribution in [0.5, 0.6) is 5.75 Å². The van der Waals surface area contributed by atoms with Crippen molar-refractivity contribution in [3.63, 3.8) is 0 Å². The first-order valence-corrected chi connectivity index (χ1v) is 11.0. The molecule has 160 valence electrons. The van der Waals surface area contributed by atoms with Gasteiger partial charge in [-0.3, -0.25) is 4.98 Å². The molecule has 6 rings (SSSR count). The van der Waals surface area contributed by atoms with Crippen molar-refractivity contribution in [1.29, 1.82) is 5.26 Å². The zero-order chi connectivity index (χ0) is 22.0. The lowest BCUT2D eigenvalue weighted by Crippen LogP contribution is -2.20. The highest BCUT2D eigenvalue weighted by Gasteiger charge is 2.30. The van der Waals surface area contributed by atoms with Gasteiger partial charge >= 0.3 is 0 Å². The largest absolute Gasteiger partial charge is 0.505 e. The Morgan fingerprint density at radius 3 is 2.75 bits per heavy atom. The van der Waals surface area contributed by atoms with E-state index in [2.05, 4.69) is 25.9 Å². The Bertz CT molecular complexity index is 1470. The highest BCUT2D eigenvalue weighted by Crippen LogP contribution is 2.48. The summed E-state index contributed by atoms with van der Waals surface area (Å²) >= 11 is 0.996. The van der Waals surface area contributed by atoms with Crippen molar-refractivity contribution in [2.45, 2.75) is 26.1 Å². The Kier molecular flexibility index (Phi) is 4.18. The second-order valence-corrected chi connectivity index (χ2v) is 8.96. The minimum absolute atomic E-state index is 0.0823. The summed E-state index contributed by atoms with van der Waals surface area (Å²) in [6.07, 6.45) is 4.97. The van der Waals surface area contributed by atoms with Crippen LogP contribution in [0.4, 0.5) is 15.3 Å². The molecule has 0 aliphatic carbocycles. The van der Waals surface area contributed by atoms with Crippen LogP contribution in [0.15, 0.2) is 12.4 Å². The zero-order valence-electron chi connectivity index (χ0n) is 16.9. The van der Waals surface area contributed by atoms with Gasteiger partial charge < -0.3 is 20.5 Å². The molecule has 3 N–H and O–H groups in total. The third kappa shape index (κ3) is 2.58. The van der Waals surface area contributed by atoms with Gasteiger partial charge in [0.15, 0.2) is 11.6 Å². The number of pyridine rings is 1. The Labute approximate surface area is 185 Å². The lowest BCUT2D eigenvalue weighted by atomic mass is 9.93. The number of phenolic OH excluding ortho intramolecular Hbond substituents is 1. The number of halogens is 1. The van der Waals surface area contributed by atoms with Gasteiger partial charge in [0, 0.05) is 30.1 Å². The predicted octanol–water partition coefficient (Wildman–Crippen LogP) is 3.84. The SMILES string of the molecule is N#Cc1c(N)sc2c(F)cnc(-c3c4c(c5cnc(N6CCCC6)nc5c3O)COC4)c12. The third-order valence-corrected chi connectivity index (χ3v) is 7.18. The van der Waals surface area contributed by atoms with Crippen LogP contribution in [0.2, 0.25) is 0 Å². The van der Waals surface area contributed by atoms with Crippen molar-refractivity contribution in [3.8, 4) is 23.1 Å². The molecular weight excluding hydrogens is 431 g/mol. The Hall–Kier alpha value is -3.55. The van der Waals surface area contributed by atoms with Gasteiger partial charge in [-0.25, -0.2) is 14.4 Å². The van der Waals surface area contributed by atoms with Crippen LogP contribution in [-0.4, -0.2) is 33.1 Å². The number of anilines is 2. The minimum atomic E-state index is -0.561. The molecule has 10 heteroatoms. The van der Waals surface area contributed by atoms with Gasteiger partial charge in [-0.05, 0) is 24.0 Å². The average Bonchev–Trinajstić information content (AvgIpc) is 3.55. The maximum Gasteiger partial charge on any atom is 0.226 e. The number of hydrogen-bond donors (Lipinski definition) is 2. The van der Waals surface area contributed by atoms with Gasteiger partial charge in [0.2, 0.25) is 5.95 Å². The summed E-state index contributed by atoms with van der Waals surface area (Å²) in [6, 6.07) is 2.06. The van der Waals surface area contributed by atoms with E-state index in [4.69, 9.17) is 10.5 Å². The van der Waals surface area contributed by atoms with Crippen LogP contribution in [0.1, 0.15) is 29.5 Å². The fourth-order valence-corrected chi connectivity index (χ4v) is 5.56. The minimum Gasteiger partial charge on any atom is -0.505 e. The molecule has 0 bridgehead atoms. The van der Waals surface area contributed by atoms with Crippen LogP contribution in [0.3, 0.4) is 0 Å². The first-order chi connectivity index (χ1) is 15.6. The van der Waals surface area contributed by atoms with E-state index in [0.717, 1.165) is 54.6 Å². The number of thiophene rings is 1. The molecule has 1 fully saturated rings. The lowest BCUT2D eigenvalue weighted by Gasteiger charge is -2.18. The molecule has 2 aliphatic rings. The van der Waals surface area contributed by atoms with Gasteiger partial charge in [-0.15, -0.1) is 11.3 Å². The maximum atomic E-state index is 14.5. The molecule has 0 unspecified atom stereocenters. The monoisotopic (exact) mass is 448 g/mol. The van der Waals surface area contributed by atoms with Gasteiger partial charge in [-0.2, -0.15) is 5.26 Å². The van der Waals surface area contributed by atoms with E-state index < -0.39 is 5.82 Å². The van der Waals surface area contributed by atoms with Crippen molar-refractivity contribution < 1.29 is 14.2 Å². The van der Waals surface area contributed by atoms with Gasteiger partial charge in [0.05, 0.1) is 40.9 Å². The summed E-state index contributed by atoms with van der Waals surface area (Å²) in [4.78, 5) is 15.6. The van der Waals surface area contributed by atoms with E-state index in [9.17, 15) is 14.8 Å². The van der Waals surface area contributed by atoms with Crippen LogP contribution in [0, 0.1) is 17.1 Å². The van der Waals surface area contributed by atoms with Crippen LogP contribution >= 0.6 is 11.3 Å². The third-order valence-electron chi connectivity index (χ3n) is 6.15. The molecule has 8 nitrogen and oxygen atoms in total. The molecule has 5 heterocycles. The van der Waals surface area contributed by atoms with E-state index in [1.165, 1.54) is 0 Å². The number of ether oxygens (including phenoxy) is 1. The fourth-order valence-electron chi connectivity index (χ4n) is 4.64. The number of nitrogens with zero attached hydrogens (tertiary/aromatic N) is 5. The number of benzene rings is 1. The molecule has 2 aliphatic heterocycles. The van der Waals surface area contributed by atoms with Crippen molar-refractivity contribution in [1.82, 2.24) is 15.0 Å². The van der Waals surface area contributed by atoms with Gasteiger partial charge in [0.25, 0.3) is 0 Å². The summed E-state index contributed by atoms with van der Waals surface area (Å²) in [6.45, 7) is 2.33. The smallest absolute Gasteiger partial charge is 0.226 e. The summed E-state index contributed by atoms with van der Waals surface area (Å²) in [7, 11) is 0. The molecule has 4 aromatic rings. The highest BCUT2D eigenvalue weighted by molar-refractivity contribution is 7.23. The van der Waals surface area contributed by atoms with E-state index >= 15 is 0 Å². The highest BCUT2D eigenvalue weighted by atomic mass is 32.1. The molecular formula is C22H17FN6O2S. The number of fused-ring (bicyclic) bond motifs is 4. The number of nitrogen functional groups attached to an aromatic ring is 1. The average molecular weight is 448 g/mol. The normalized spacial score (nSPS) is 15.6. The first-order valence-electron chi connectivity index (χ1n) is 10.2. The summed E-state index contributed by atoms with van der Waals surface area (Å²) < 4.78 is 20.5. The fraction of sp³-hybridized carbons (Fsp3) is 0.273. The Morgan fingerprint density at radius 2 is 1.97 bits per heavy atom. The quantitative estimate of drug-likeness (QED) is 0.474. The summed E-state index contributed by atoms with van der Waals surface area (Å²) in [5.41, 5.74) is 8.84. The second kappa shape index (κ2) is 6.98.